The number of carbonyl (C=O) groups is 1. The summed E-state index contributed by atoms with van der Waals surface area (Å²) >= 11 is 0. The highest BCUT2D eigenvalue weighted by Gasteiger charge is 2.25. The van der Waals surface area contributed by atoms with Crippen LogP contribution in [0, 0.1) is 0 Å². The fourth-order valence-electron chi connectivity index (χ4n) is 3.15. The Morgan fingerprint density at radius 2 is 1.96 bits per heavy atom. The Labute approximate surface area is 169 Å². The number of amides is 1. The summed E-state index contributed by atoms with van der Waals surface area (Å²) in [5.41, 5.74) is 0. The van der Waals surface area contributed by atoms with Crippen LogP contribution in [-0.4, -0.2) is 57.8 Å². The second-order valence-corrected chi connectivity index (χ2v) is 8.80. The van der Waals surface area contributed by atoms with Crippen LogP contribution in [0.1, 0.15) is 39.0 Å². The van der Waals surface area contributed by atoms with Gasteiger partial charge in [-0.1, -0.05) is 6.92 Å². The topological polar surface area (TPSA) is 75.7 Å². The lowest BCUT2D eigenvalue weighted by Crippen LogP contribution is -2.42. The number of hydrogen-bond donors (Lipinski definition) is 1. The van der Waals surface area contributed by atoms with E-state index >= 15 is 0 Å². The third kappa shape index (κ3) is 7.68. The molecule has 1 aromatic rings. The van der Waals surface area contributed by atoms with Crippen LogP contribution in [0.2, 0.25) is 0 Å². The Balaban J connectivity index is 0.00000364. The molecule has 27 heavy (non-hydrogen) atoms. The van der Waals surface area contributed by atoms with Crippen molar-refractivity contribution in [3.8, 4) is 5.75 Å². The van der Waals surface area contributed by atoms with Gasteiger partial charge in [-0.3, -0.25) is 4.79 Å². The molecule has 0 bridgehead atoms. The van der Waals surface area contributed by atoms with E-state index < -0.39 is 9.84 Å². The second-order valence-electron chi connectivity index (χ2n) is 6.78. The summed E-state index contributed by atoms with van der Waals surface area (Å²) in [6.07, 6.45) is 5.34. The summed E-state index contributed by atoms with van der Waals surface area (Å²) in [6.45, 7) is 5.34. The molecule has 0 aromatic heterocycles. The molecule has 1 fully saturated rings. The van der Waals surface area contributed by atoms with Crippen molar-refractivity contribution in [3.05, 3.63) is 24.3 Å². The van der Waals surface area contributed by atoms with Crippen LogP contribution in [0.25, 0.3) is 0 Å². The number of nitrogens with zero attached hydrogens (tertiary/aromatic N) is 1. The zero-order valence-corrected chi connectivity index (χ0v) is 17.8. The molecule has 1 amide bonds. The van der Waals surface area contributed by atoms with E-state index in [1.807, 2.05) is 4.90 Å². The number of ether oxygens (including phenoxy) is 1. The van der Waals surface area contributed by atoms with Gasteiger partial charge >= 0.3 is 0 Å². The quantitative estimate of drug-likeness (QED) is 0.591. The highest BCUT2D eigenvalue weighted by Crippen LogP contribution is 2.17. The van der Waals surface area contributed by atoms with Crippen molar-refractivity contribution >= 4 is 28.2 Å². The van der Waals surface area contributed by atoms with Crippen LogP contribution in [0.15, 0.2) is 29.2 Å². The summed E-state index contributed by atoms with van der Waals surface area (Å²) in [5.74, 6) is 0.881. The zero-order chi connectivity index (χ0) is 19.0. The Kier molecular flexibility index (Phi) is 10.1. The number of rotatable bonds is 10. The van der Waals surface area contributed by atoms with E-state index in [9.17, 15) is 13.2 Å². The second kappa shape index (κ2) is 11.5. The van der Waals surface area contributed by atoms with Crippen LogP contribution >= 0.6 is 12.4 Å². The van der Waals surface area contributed by atoms with Gasteiger partial charge in [0, 0.05) is 31.8 Å². The molecule has 2 rings (SSSR count). The first-order valence-corrected chi connectivity index (χ1v) is 11.2. The Morgan fingerprint density at radius 1 is 1.26 bits per heavy atom. The summed E-state index contributed by atoms with van der Waals surface area (Å²) in [7, 11) is -3.18. The molecule has 1 atom stereocenters. The van der Waals surface area contributed by atoms with Crippen molar-refractivity contribution in [1.29, 1.82) is 0 Å². The average Bonchev–Trinajstić information content (AvgIpc) is 3.13. The summed E-state index contributed by atoms with van der Waals surface area (Å²) in [5, 5.41) is 3.32. The minimum absolute atomic E-state index is 0. The van der Waals surface area contributed by atoms with Crippen molar-refractivity contribution in [2.24, 2.45) is 0 Å². The lowest BCUT2D eigenvalue weighted by atomic mass is 10.1. The fourth-order valence-corrected chi connectivity index (χ4v) is 3.78. The highest BCUT2D eigenvalue weighted by molar-refractivity contribution is 7.90. The van der Waals surface area contributed by atoms with Crippen LogP contribution in [0.4, 0.5) is 0 Å². The predicted octanol–water partition coefficient (Wildman–Crippen LogP) is 2.66. The van der Waals surface area contributed by atoms with Crippen molar-refractivity contribution in [2.45, 2.75) is 50.0 Å². The first kappa shape index (κ1) is 23.7. The number of nitrogens with one attached hydrogen (secondary N) is 1. The van der Waals surface area contributed by atoms with Crippen LogP contribution < -0.4 is 10.1 Å². The first-order valence-electron chi connectivity index (χ1n) is 9.35. The Hall–Kier alpha value is -1.31. The lowest BCUT2D eigenvalue weighted by Gasteiger charge is -2.28. The number of carbonyl (C=O) groups excluding carboxylic acids is 1. The number of sulfone groups is 1. The largest absolute Gasteiger partial charge is 0.494 e. The highest BCUT2D eigenvalue weighted by atomic mass is 35.5. The Bertz CT molecular complexity index is 673. The lowest BCUT2D eigenvalue weighted by molar-refractivity contribution is -0.133. The molecular weight excluding hydrogens is 388 g/mol. The van der Waals surface area contributed by atoms with Gasteiger partial charge in [-0.25, -0.2) is 8.42 Å². The molecular formula is C19H31ClN2O4S. The minimum atomic E-state index is -3.18. The molecule has 154 valence electrons. The first-order chi connectivity index (χ1) is 12.4. The maximum Gasteiger partial charge on any atom is 0.222 e. The maximum atomic E-state index is 12.5. The summed E-state index contributed by atoms with van der Waals surface area (Å²) in [6, 6.07) is 6.76. The van der Waals surface area contributed by atoms with E-state index in [4.69, 9.17) is 4.74 Å². The van der Waals surface area contributed by atoms with Gasteiger partial charge < -0.3 is 15.0 Å². The molecule has 8 heteroatoms. The van der Waals surface area contributed by atoms with Crippen molar-refractivity contribution in [2.75, 3.05) is 32.5 Å². The van der Waals surface area contributed by atoms with E-state index in [-0.39, 0.29) is 23.2 Å². The number of benzene rings is 1. The van der Waals surface area contributed by atoms with Gasteiger partial charge in [0.25, 0.3) is 0 Å². The van der Waals surface area contributed by atoms with Crippen LogP contribution in [-0.2, 0) is 14.6 Å². The minimum Gasteiger partial charge on any atom is -0.494 e. The van der Waals surface area contributed by atoms with Gasteiger partial charge in [0.1, 0.15) is 5.75 Å². The molecule has 1 heterocycles. The molecule has 0 saturated carbocycles. The standard InChI is InChI=1S/C19H30N2O4S.ClH/c1-3-13-21(16-11-12-20-15-16)19(22)6-4-5-14-25-17-7-9-18(10-8-17)26(2,23)24;/h7-10,16,20H,3-6,11-15H2,1-2H3;1H. The van der Waals surface area contributed by atoms with Gasteiger partial charge in [-0.2, -0.15) is 0 Å². The van der Waals surface area contributed by atoms with E-state index in [1.54, 1.807) is 24.3 Å². The van der Waals surface area contributed by atoms with Crippen molar-refractivity contribution < 1.29 is 17.9 Å². The molecule has 1 aromatic carbocycles. The smallest absolute Gasteiger partial charge is 0.222 e. The maximum absolute atomic E-state index is 12.5. The van der Waals surface area contributed by atoms with Gasteiger partial charge in [-0.15, -0.1) is 12.4 Å². The number of unbranched alkanes of at least 4 members (excludes halogenated alkanes) is 1. The zero-order valence-electron chi connectivity index (χ0n) is 16.1. The van der Waals surface area contributed by atoms with E-state index in [0.717, 1.165) is 45.3 Å². The van der Waals surface area contributed by atoms with E-state index in [0.29, 0.717) is 24.8 Å². The molecule has 0 spiro atoms. The third-order valence-electron chi connectivity index (χ3n) is 4.57. The predicted molar refractivity (Wildman–Crippen MR) is 109 cm³/mol. The van der Waals surface area contributed by atoms with Crippen molar-refractivity contribution in [3.63, 3.8) is 0 Å². The van der Waals surface area contributed by atoms with Gasteiger partial charge in [0.05, 0.1) is 11.5 Å². The number of hydrogen-bond acceptors (Lipinski definition) is 5. The van der Waals surface area contributed by atoms with Crippen LogP contribution in [0.5, 0.6) is 5.75 Å². The molecule has 1 unspecified atom stereocenters. The van der Waals surface area contributed by atoms with Gasteiger partial charge in [0.15, 0.2) is 9.84 Å². The van der Waals surface area contributed by atoms with Crippen LogP contribution in [0.3, 0.4) is 0 Å². The van der Waals surface area contributed by atoms with Gasteiger partial charge in [-0.05, 0) is 56.5 Å². The van der Waals surface area contributed by atoms with E-state index in [2.05, 4.69) is 12.2 Å². The fraction of sp³-hybridized carbons (Fsp3) is 0.632. The van der Waals surface area contributed by atoms with Gasteiger partial charge in [0.2, 0.25) is 5.91 Å². The number of halogens is 1. The molecule has 6 nitrogen and oxygen atoms in total. The molecule has 0 radical (unpaired) electrons. The average molecular weight is 419 g/mol. The molecule has 1 aliphatic heterocycles. The monoisotopic (exact) mass is 418 g/mol. The molecule has 0 aliphatic carbocycles. The molecule has 1 N–H and O–H groups in total. The van der Waals surface area contributed by atoms with E-state index in [1.165, 1.54) is 6.26 Å². The SMILES string of the molecule is CCCN(C(=O)CCCCOc1ccc(S(C)(=O)=O)cc1)C1CCNC1.Cl. The molecule has 1 aliphatic rings. The normalized spacial score (nSPS) is 16.6. The molecule has 1 saturated heterocycles. The van der Waals surface area contributed by atoms with Crippen molar-refractivity contribution in [1.82, 2.24) is 10.2 Å². The Morgan fingerprint density at radius 3 is 2.52 bits per heavy atom. The third-order valence-corrected chi connectivity index (χ3v) is 5.69. The summed E-state index contributed by atoms with van der Waals surface area (Å²) < 4.78 is 28.5. The summed E-state index contributed by atoms with van der Waals surface area (Å²) in [4.78, 5) is 14.8.